The van der Waals surface area contributed by atoms with E-state index in [2.05, 4.69) is 15.3 Å². The lowest BCUT2D eigenvalue weighted by atomic mass is 10.2. The molecule has 0 radical (unpaired) electrons. The third-order valence-electron chi connectivity index (χ3n) is 3.30. The van der Waals surface area contributed by atoms with Gasteiger partial charge in [-0.15, -0.1) is 0 Å². The summed E-state index contributed by atoms with van der Waals surface area (Å²) in [5, 5.41) is 3.10. The van der Waals surface area contributed by atoms with E-state index >= 15 is 0 Å². The van der Waals surface area contributed by atoms with Gasteiger partial charge in [0.05, 0.1) is 18.5 Å². The van der Waals surface area contributed by atoms with E-state index in [0.717, 1.165) is 36.2 Å². The van der Waals surface area contributed by atoms with Crippen molar-refractivity contribution in [1.29, 1.82) is 0 Å². The second-order valence-electron chi connectivity index (χ2n) is 4.52. The summed E-state index contributed by atoms with van der Waals surface area (Å²) >= 11 is 0. The molecule has 2 N–H and O–H groups in total. The molecule has 0 spiro atoms. The largest absolute Gasteiger partial charge is 0.495 e. The normalized spacial score (nSPS) is 13.1. The number of ether oxygens (including phenoxy) is 1. The first kappa shape index (κ1) is 11.8. The molecule has 1 aliphatic carbocycles. The van der Waals surface area contributed by atoms with Crippen molar-refractivity contribution in [1.82, 2.24) is 9.97 Å². The minimum absolute atomic E-state index is 0.0418. The number of fused-ring (bicyclic) bond motifs is 1. The summed E-state index contributed by atoms with van der Waals surface area (Å²) in [6, 6.07) is 7.53. The van der Waals surface area contributed by atoms with Gasteiger partial charge in [0.25, 0.3) is 5.56 Å². The SMILES string of the molecule is COc1ccccc1Nc1nc2c(c(=O)[nH]1)CCC2. The molecule has 19 heavy (non-hydrogen) atoms. The van der Waals surface area contributed by atoms with Crippen LogP contribution in [0.5, 0.6) is 5.75 Å². The summed E-state index contributed by atoms with van der Waals surface area (Å²) in [5.74, 6) is 1.18. The predicted molar refractivity (Wildman–Crippen MR) is 73.2 cm³/mol. The fourth-order valence-electron chi connectivity index (χ4n) is 2.38. The van der Waals surface area contributed by atoms with Gasteiger partial charge in [-0.1, -0.05) is 12.1 Å². The first-order chi connectivity index (χ1) is 9.28. The molecule has 98 valence electrons. The number of nitrogens with zero attached hydrogens (tertiary/aromatic N) is 1. The first-order valence-electron chi connectivity index (χ1n) is 6.30. The van der Waals surface area contributed by atoms with Crippen molar-refractivity contribution in [2.75, 3.05) is 12.4 Å². The minimum atomic E-state index is -0.0418. The second kappa shape index (κ2) is 4.76. The highest BCUT2D eigenvalue weighted by Gasteiger charge is 2.17. The number of hydrogen-bond acceptors (Lipinski definition) is 4. The van der Waals surface area contributed by atoms with Gasteiger partial charge in [0.1, 0.15) is 5.75 Å². The van der Waals surface area contributed by atoms with Crippen LogP contribution in [0.4, 0.5) is 11.6 Å². The number of H-pyrrole nitrogens is 1. The van der Waals surface area contributed by atoms with Gasteiger partial charge in [0.15, 0.2) is 0 Å². The number of para-hydroxylation sites is 2. The maximum atomic E-state index is 11.9. The van der Waals surface area contributed by atoms with Crippen LogP contribution in [-0.4, -0.2) is 17.1 Å². The third kappa shape index (κ3) is 2.19. The van der Waals surface area contributed by atoms with Crippen molar-refractivity contribution in [2.45, 2.75) is 19.3 Å². The number of rotatable bonds is 3. The summed E-state index contributed by atoms with van der Waals surface area (Å²) in [6.07, 6.45) is 2.70. The zero-order chi connectivity index (χ0) is 13.2. The molecular weight excluding hydrogens is 242 g/mol. The molecule has 0 aliphatic heterocycles. The average Bonchev–Trinajstić information content (AvgIpc) is 2.88. The van der Waals surface area contributed by atoms with Crippen molar-refractivity contribution < 1.29 is 4.74 Å². The van der Waals surface area contributed by atoms with E-state index in [1.165, 1.54) is 0 Å². The van der Waals surface area contributed by atoms with Gasteiger partial charge in [-0.3, -0.25) is 9.78 Å². The Labute approximate surface area is 110 Å². The molecule has 0 fully saturated rings. The summed E-state index contributed by atoms with van der Waals surface area (Å²) in [4.78, 5) is 19.1. The Morgan fingerprint density at radius 2 is 2.16 bits per heavy atom. The number of methoxy groups -OCH3 is 1. The molecule has 0 amide bonds. The lowest BCUT2D eigenvalue weighted by Crippen LogP contribution is -2.16. The van der Waals surface area contributed by atoms with Gasteiger partial charge >= 0.3 is 0 Å². The molecule has 0 saturated heterocycles. The van der Waals surface area contributed by atoms with Gasteiger partial charge in [0, 0.05) is 5.56 Å². The van der Waals surface area contributed by atoms with Crippen molar-refractivity contribution in [2.24, 2.45) is 0 Å². The number of anilines is 2. The van der Waals surface area contributed by atoms with Gasteiger partial charge in [-0.25, -0.2) is 4.98 Å². The lowest BCUT2D eigenvalue weighted by molar-refractivity contribution is 0.417. The molecule has 3 rings (SSSR count). The highest BCUT2D eigenvalue weighted by molar-refractivity contribution is 5.62. The van der Waals surface area contributed by atoms with Crippen molar-refractivity contribution in [3.8, 4) is 5.75 Å². The van der Waals surface area contributed by atoms with Crippen LogP contribution in [0.3, 0.4) is 0 Å². The zero-order valence-corrected chi connectivity index (χ0v) is 10.7. The third-order valence-corrected chi connectivity index (χ3v) is 3.30. The fraction of sp³-hybridized carbons (Fsp3) is 0.286. The predicted octanol–water partition coefficient (Wildman–Crippen LogP) is 2.01. The van der Waals surface area contributed by atoms with E-state index in [-0.39, 0.29) is 5.56 Å². The van der Waals surface area contributed by atoms with Gasteiger partial charge in [0.2, 0.25) is 5.95 Å². The molecule has 0 unspecified atom stereocenters. The molecule has 1 heterocycles. The zero-order valence-electron chi connectivity index (χ0n) is 10.7. The molecule has 1 aromatic heterocycles. The van der Waals surface area contributed by atoms with Crippen molar-refractivity contribution >= 4 is 11.6 Å². The number of benzene rings is 1. The van der Waals surface area contributed by atoms with Crippen LogP contribution in [0.2, 0.25) is 0 Å². The minimum Gasteiger partial charge on any atom is -0.495 e. The molecule has 0 saturated carbocycles. The fourth-order valence-corrected chi connectivity index (χ4v) is 2.38. The quantitative estimate of drug-likeness (QED) is 0.882. The van der Waals surface area contributed by atoms with Crippen molar-refractivity contribution in [3.63, 3.8) is 0 Å². The molecular formula is C14H15N3O2. The van der Waals surface area contributed by atoms with E-state index in [9.17, 15) is 4.79 Å². The summed E-state index contributed by atoms with van der Waals surface area (Å²) in [6.45, 7) is 0. The number of aromatic nitrogens is 2. The molecule has 2 aromatic rings. The van der Waals surface area contributed by atoms with Gasteiger partial charge < -0.3 is 10.1 Å². The Hall–Kier alpha value is -2.30. The molecule has 1 aliphatic rings. The number of aromatic amines is 1. The molecule has 5 heteroatoms. The maximum absolute atomic E-state index is 11.9. The Morgan fingerprint density at radius 1 is 1.32 bits per heavy atom. The smallest absolute Gasteiger partial charge is 0.255 e. The van der Waals surface area contributed by atoms with Crippen LogP contribution in [0.25, 0.3) is 0 Å². The molecule has 0 atom stereocenters. The summed E-state index contributed by atoms with van der Waals surface area (Å²) in [5.41, 5.74) is 2.47. The van der Waals surface area contributed by atoms with Crippen LogP contribution < -0.4 is 15.6 Å². The van der Waals surface area contributed by atoms with E-state index < -0.39 is 0 Å². The van der Waals surface area contributed by atoms with Crippen LogP contribution in [-0.2, 0) is 12.8 Å². The second-order valence-corrected chi connectivity index (χ2v) is 4.52. The van der Waals surface area contributed by atoms with Crippen LogP contribution >= 0.6 is 0 Å². The highest BCUT2D eigenvalue weighted by atomic mass is 16.5. The topological polar surface area (TPSA) is 67.0 Å². The molecule has 0 bridgehead atoms. The van der Waals surface area contributed by atoms with Crippen LogP contribution in [0, 0.1) is 0 Å². The van der Waals surface area contributed by atoms with Gasteiger partial charge in [-0.2, -0.15) is 0 Å². The van der Waals surface area contributed by atoms with Crippen molar-refractivity contribution in [3.05, 3.63) is 45.9 Å². The standard InChI is InChI=1S/C14H15N3O2/c1-19-12-8-3-2-6-11(12)16-14-15-10-7-4-5-9(10)13(18)17-14/h2-3,6,8H,4-5,7H2,1H3,(H2,15,16,17,18). The van der Waals surface area contributed by atoms with E-state index in [1.807, 2.05) is 24.3 Å². The Balaban J connectivity index is 1.96. The van der Waals surface area contributed by atoms with Crippen LogP contribution in [0.1, 0.15) is 17.7 Å². The highest BCUT2D eigenvalue weighted by Crippen LogP contribution is 2.26. The Kier molecular flexibility index (Phi) is 2.95. The monoisotopic (exact) mass is 257 g/mol. The molecule has 1 aromatic carbocycles. The van der Waals surface area contributed by atoms with Gasteiger partial charge in [-0.05, 0) is 31.4 Å². The number of hydrogen-bond donors (Lipinski definition) is 2. The van der Waals surface area contributed by atoms with E-state index in [4.69, 9.17) is 4.74 Å². The number of aryl methyl sites for hydroxylation is 1. The maximum Gasteiger partial charge on any atom is 0.255 e. The first-order valence-corrected chi connectivity index (χ1v) is 6.30. The Morgan fingerprint density at radius 3 is 3.00 bits per heavy atom. The van der Waals surface area contributed by atoms with E-state index in [1.54, 1.807) is 7.11 Å². The average molecular weight is 257 g/mol. The van der Waals surface area contributed by atoms with E-state index in [0.29, 0.717) is 11.7 Å². The molecule has 5 nitrogen and oxygen atoms in total. The Bertz CT molecular complexity index is 664. The number of nitrogens with one attached hydrogen (secondary N) is 2. The lowest BCUT2D eigenvalue weighted by Gasteiger charge is -2.10. The summed E-state index contributed by atoms with van der Waals surface area (Å²) in [7, 11) is 1.61. The van der Waals surface area contributed by atoms with Crippen LogP contribution in [0.15, 0.2) is 29.1 Å². The summed E-state index contributed by atoms with van der Waals surface area (Å²) < 4.78 is 5.26.